The zero-order chi connectivity index (χ0) is 17.9. The highest BCUT2D eigenvalue weighted by molar-refractivity contribution is 7.71. The molecule has 0 aromatic carbocycles. The van der Waals surface area contributed by atoms with Crippen molar-refractivity contribution in [1.29, 1.82) is 0 Å². The first-order valence-corrected chi connectivity index (χ1v) is 8.66. The highest BCUT2D eigenvalue weighted by Gasteiger charge is 2.34. The molecule has 1 aromatic rings. The molecule has 10 nitrogen and oxygen atoms in total. The maximum absolute atomic E-state index is 12.1. The molecule has 0 spiro atoms. The lowest BCUT2D eigenvalue weighted by atomic mass is 10.3. The Morgan fingerprint density at radius 1 is 1.42 bits per heavy atom. The van der Waals surface area contributed by atoms with Gasteiger partial charge in [0.1, 0.15) is 6.10 Å². The fraction of sp³-hybridized carbons (Fsp3) is 0.462. The predicted octanol–water partition coefficient (Wildman–Crippen LogP) is 0.624. The zero-order valence-corrected chi connectivity index (χ0v) is 14.0. The molecule has 1 aliphatic rings. The van der Waals surface area contributed by atoms with Crippen molar-refractivity contribution in [2.24, 2.45) is 5.73 Å². The molecule has 0 radical (unpaired) electrons. The standard InChI is InChI=1S/C13H18N3O7P/c1-3-21-24(20,12(14)18)22-7-9-4-5-10(23-9)16-6-8(2)11(17)15-13(16)19/h4-6,9-10H,3,7H2,1-2H3,(H2,14,18)(H,15,17,19). The second-order valence-electron chi connectivity index (χ2n) is 4.98. The topological polar surface area (TPSA) is 143 Å². The third-order valence-corrected chi connectivity index (χ3v) is 4.83. The number of nitrogens with zero attached hydrogens (tertiary/aromatic N) is 1. The number of H-pyrrole nitrogens is 1. The Morgan fingerprint density at radius 3 is 2.75 bits per heavy atom. The molecule has 132 valence electrons. The molecule has 0 aliphatic carbocycles. The molecule has 0 bridgehead atoms. The smallest absolute Gasteiger partial charge is 0.359 e. The van der Waals surface area contributed by atoms with Gasteiger partial charge in [-0.1, -0.05) is 6.08 Å². The first-order chi connectivity index (χ1) is 11.3. The first kappa shape index (κ1) is 18.3. The SMILES string of the molecule is CCOP(=O)(OCC1C=CC(n2cc(C)c(=O)[nH]c2=O)O1)C(N)=O. The van der Waals surface area contributed by atoms with Gasteiger partial charge in [0.2, 0.25) is 0 Å². The molecule has 2 rings (SSSR count). The van der Waals surface area contributed by atoms with Gasteiger partial charge in [0.25, 0.3) is 5.56 Å². The number of amides is 1. The summed E-state index contributed by atoms with van der Waals surface area (Å²) >= 11 is 0. The van der Waals surface area contributed by atoms with Crippen molar-refractivity contribution >= 4 is 13.2 Å². The summed E-state index contributed by atoms with van der Waals surface area (Å²) in [6.45, 7) is 2.85. The Balaban J connectivity index is 2.04. The van der Waals surface area contributed by atoms with E-state index >= 15 is 0 Å². The summed E-state index contributed by atoms with van der Waals surface area (Å²) in [5.41, 5.74) is 3.08. The van der Waals surface area contributed by atoms with Crippen LogP contribution >= 0.6 is 7.60 Å². The number of primary amides is 1. The van der Waals surface area contributed by atoms with Crippen molar-refractivity contribution in [3.05, 3.63) is 44.8 Å². The lowest BCUT2D eigenvalue weighted by Crippen LogP contribution is -2.33. The molecular weight excluding hydrogens is 341 g/mol. The Hall–Kier alpha value is -2.00. The number of nitrogens with two attached hydrogens (primary N) is 1. The van der Waals surface area contributed by atoms with Gasteiger partial charge in [0.05, 0.1) is 13.2 Å². The van der Waals surface area contributed by atoms with Gasteiger partial charge >= 0.3 is 18.9 Å². The molecule has 0 fully saturated rings. The van der Waals surface area contributed by atoms with Crippen LogP contribution in [0.15, 0.2) is 27.9 Å². The third kappa shape index (κ3) is 3.90. The fourth-order valence-corrected chi connectivity index (χ4v) is 3.04. The van der Waals surface area contributed by atoms with E-state index in [1.54, 1.807) is 26.0 Å². The summed E-state index contributed by atoms with van der Waals surface area (Å²) in [6.07, 6.45) is 3.09. The van der Waals surface area contributed by atoms with Crippen molar-refractivity contribution in [2.45, 2.75) is 26.2 Å². The molecule has 1 aromatic heterocycles. The maximum Gasteiger partial charge on any atom is 0.418 e. The lowest BCUT2D eigenvalue weighted by Gasteiger charge is -2.19. The Morgan fingerprint density at radius 2 is 2.12 bits per heavy atom. The van der Waals surface area contributed by atoms with Crippen LogP contribution in [0.4, 0.5) is 4.79 Å². The number of hydrogen-bond donors (Lipinski definition) is 2. The number of ether oxygens (including phenoxy) is 1. The monoisotopic (exact) mass is 359 g/mol. The average Bonchev–Trinajstić information content (AvgIpc) is 2.98. The molecular formula is C13H18N3O7P. The zero-order valence-electron chi connectivity index (χ0n) is 13.1. The van der Waals surface area contributed by atoms with E-state index in [0.717, 1.165) is 0 Å². The van der Waals surface area contributed by atoms with Crippen LogP contribution in [0.1, 0.15) is 18.7 Å². The molecule has 3 atom stereocenters. The number of carbonyl (C=O) groups is 1. The number of nitrogens with one attached hydrogen (secondary N) is 1. The molecule has 0 saturated carbocycles. The normalized spacial score (nSPS) is 22.4. The van der Waals surface area contributed by atoms with E-state index in [9.17, 15) is 18.9 Å². The molecule has 3 unspecified atom stereocenters. The summed E-state index contributed by atoms with van der Waals surface area (Å²) < 4.78 is 28.6. The Labute approximate surface area is 136 Å². The van der Waals surface area contributed by atoms with Gasteiger partial charge in [0, 0.05) is 11.8 Å². The maximum atomic E-state index is 12.1. The van der Waals surface area contributed by atoms with Gasteiger partial charge in [-0.2, -0.15) is 0 Å². The van der Waals surface area contributed by atoms with E-state index in [1.807, 2.05) is 0 Å². The van der Waals surface area contributed by atoms with Crippen molar-refractivity contribution in [3.63, 3.8) is 0 Å². The second kappa shape index (κ2) is 7.27. The second-order valence-corrected chi connectivity index (χ2v) is 6.93. The van der Waals surface area contributed by atoms with Crippen LogP contribution in [0.25, 0.3) is 0 Å². The number of hydrogen-bond acceptors (Lipinski definition) is 7. The lowest BCUT2D eigenvalue weighted by molar-refractivity contribution is -0.00770. The van der Waals surface area contributed by atoms with E-state index < -0.39 is 36.8 Å². The van der Waals surface area contributed by atoms with Gasteiger partial charge in [-0.15, -0.1) is 0 Å². The van der Waals surface area contributed by atoms with Crippen molar-refractivity contribution in [3.8, 4) is 0 Å². The number of carbonyl (C=O) groups excluding carboxylic acids is 1. The minimum atomic E-state index is -4.05. The fourth-order valence-electron chi connectivity index (χ4n) is 2.02. The van der Waals surface area contributed by atoms with Crippen molar-refractivity contribution in [1.82, 2.24) is 9.55 Å². The van der Waals surface area contributed by atoms with E-state index in [-0.39, 0.29) is 13.2 Å². The van der Waals surface area contributed by atoms with Crippen LogP contribution in [0.5, 0.6) is 0 Å². The van der Waals surface area contributed by atoms with Crippen LogP contribution in [-0.4, -0.2) is 34.5 Å². The molecule has 11 heteroatoms. The molecule has 24 heavy (non-hydrogen) atoms. The number of rotatable bonds is 7. The average molecular weight is 359 g/mol. The largest absolute Gasteiger partial charge is 0.418 e. The number of aromatic nitrogens is 2. The quantitative estimate of drug-likeness (QED) is 0.537. The van der Waals surface area contributed by atoms with E-state index in [0.29, 0.717) is 5.56 Å². The van der Waals surface area contributed by atoms with Crippen LogP contribution in [0, 0.1) is 6.92 Å². The predicted molar refractivity (Wildman–Crippen MR) is 83.9 cm³/mol. The summed E-state index contributed by atoms with van der Waals surface area (Å²) in [6, 6.07) is 0. The van der Waals surface area contributed by atoms with Crippen LogP contribution in [0.2, 0.25) is 0 Å². The van der Waals surface area contributed by atoms with E-state index in [1.165, 1.54) is 10.8 Å². The van der Waals surface area contributed by atoms with Gasteiger partial charge in [-0.25, -0.2) is 9.36 Å². The van der Waals surface area contributed by atoms with E-state index in [4.69, 9.17) is 19.5 Å². The Kier molecular flexibility index (Phi) is 5.55. The minimum Gasteiger partial charge on any atom is -0.359 e. The van der Waals surface area contributed by atoms with Gasteiger partial charge < -0.3 is 15.0 Å². The van der Waals surface area contributed by atoms with Gasteiger partial charge in [-0.3, -0.25) is 23.7 Å². The third-order valence-electron chi connectivity index (χ3n) is 3.20. The molecule has 0 saturated heterocycles. The highest BCUT2D eigenvalue weighted by atomic mass is 31.2. The molecule has 2 heterocycles. The molecule has 1 aliphatic heterocycles. The first-order valence-electron chi connectivity index (χ1n) is 7.12. The highest BCUT2D eigenvalue weighted by Crippen LogP contribution is 2.48. The van der Waals surface area contributed by atoms with Crippen molar-refractivity contribution in [2.75, 3.05) is 13.2 Å². The Bertz CT molecular complexity index is 813. The van der Waals surface area contributed by atoms with Crippen LogP contribution < -0.4 is 17.0 Å². The summed E-state index contributed by atoms with van der Waals surface area (Å²) in [4.78, 5) is 36.5. The summed E-state index contributed by atoms with van der Waals surface area (Å²) in [5, 5.41) is 0. The number of aromatic amines is 1. The van der Waals surface area contributed by atoms with Gasteiger partial charge in [0.15, 0.2) is 6.23 Å². The van der Waals surface area contributed by atoms with Crippen LogP contribution in [0.3, 0.4) is 0 Å². The minimum absolute atomic E-state index is 0.00372. The number of aryl methyl sites for hydroxylation is 1. The van der Waals surface area contributed by atoms with Crippen molar-refractivity contribution < 1.29 is 23.1 Å². The summed E-state index contributed by atoms with van der Waals surface area (Å²) in [5.74, 6) is 0. The summed E-state index contributed by atoms with van der Waals surface area (Å²) in [7, 11) is -4.05. The van der Waals surface area contributed by atoms with Crippen LogP contribution in [-0.2, 0) is 18.3 Å². The molecule has 1 amide bonds. The van der Waals surface area contributed by atoms with E-state index in [2.05, 4.69) is 4.98 Å². The van der Waals surface area contributed by atoms with Gasteiger partial charge in [-0.05, 0) is 19.9 Å². The molecule has 3 N–H and O–H groups in total.